The Morgan fingerprint density at radius 1 is 1.21 bits per heavy atom. The number of piperidine rings is 1. The van der Waals surface area contributed by atoms with Gasteiger partial charge in [0.15, 0.2) is 0 Å². The van der Waals surface area contributed by atoms with Crippen LogP contribution in [0.25, 0.3) is 10.9 Å². The van der Waals surface area contributed by atoms with E-state index < -0.39 is 5.41 Å². The number of pyridine rings is 1. The Labute approximate surface area is 196 Å². The van der Waals surface area contributed by atoms with E-state index in [1.807, 2.05) is 69.5 Å². The largest absolute Gasteiger partial charge is 0.402 e. The van der Waals surface area contributed by atoms with Crippen molar-refractivity contribution in [3.63, 3.8) is 0 Å². The van der Waals surface area contributed by atoms with Gasteiger partial charge in [0.1, 0.15) is 6.29 Å². The highest BCUT2D eigenvalue weighted by molar-refractivity contribution is 5.79. The summed E-state index contributed by atoms with van der Waals surface area (Å²) < 4.78 is 0. The number of carbonyl (C=O) groups excluding carboxylic acids is 2. The number of rotatable bonds is 4. The van der Waals surface area contributed by atoms with Crippen molar-refractivity contribution in [3.05, 3.63) is 66.5 Å². The number of hydrogen-bond donors (Lipinski definition) is 2. The first-order chi connectivity index (χ1) is 15.7. The molecule has 3 N–H and O–H groups in total. The average molecular weight is 449 g/mol. The van der Waals surface area contributed by atoms with Crippen LogP contribution in [-0.2, 0) is 9.59 Å². The van der Waals surface area contributed by atoms with E-state index in [1.165, 1.54) is 5.39 Å². The molecule has 1 atom stereocenters. The zero-order valence-electron chi connectivity index (χ0n) is 20.0. The van der Waals surface area contributed by atoms with Gasteiger partial charge in [0.2, 0.25) is 5.91 Å². The van der Waals surface area contributed by atoms with Crippen molar-refractivity contribution < 1.29 is 9.59 Å². The number of allylic oxidation sites excluding steroid dienone is 3. The molecule has 0 radical (unpaired) electrons. The molecule has 1 aromatic carbocycles. The van der Waals surface area contributed by atoms with Gasteiger partial charge in [-0.2, -0.15) is 0 Å². The van der Waals surface area contributed by atoms with Gasteiger partial charge in [0.05, 0.1) is 10.9 Å². The smallest absolute Gasteiger partial charge is 0.223 e. The van der Waals surface area contributed by atoms with Crippen molar-refractivity contribution in [2.75, 3.05) is 19.6 Å². The molecule has 1 aromatic heterocycles. The van der Waals surface area contributed by atoms with Gasteiger partial charge in [0.25, 0.3) is 0 Å². The fourth-order valence-corrected chi connectivity index (χ4v) is 4.35. The molecule has 1 fully saturated rings. The summed E-state index contributed by atoms with van der Waals surface area (Å²) in [6.45, 7) is 8.36. The van der Waals surface area contributed by atoms with Crippen molar-refractivity contribution in [2.24, 2.45) is 17.1 Å². The van der Waals surface area contributed by atoms with Gasteiger partial charge < -0.3 is 20.7 Å². The number of amides is 1. The summed E-state index contributed by atoms with van der Waals surface area (Å²) in [6.07, 6.45) is 10.8. The molecule has 2 aliphatic rings. The summed E-state index contributed by atoms with van der Waals surface area (Å²) in [4.78, 5) is 30.3. The molecular weight excluding hydrogens is 412 g/mol. The minimum atomic E-state index is -0.515. The van der Waals surface area contributed by atoms with Crippen molar-refractivity contribution in [1.82, 2.24) is 15.2 Å². The van der Waals surface area contributed by atoms with Crippen molar-refractivity contribution in [3.8, 4) is 0 Å². The Morgan fingerprint density at radius 2 is 1.91 bits per heavy atom. The lowest BCUT2D eigenvalue weighted by Gasteiger charge is -2.38. The van der Waals surface area contributed by atoms with Crippen LogP contribution in [0.3, 0.4) is 0 Å². The standard InChI is InChI=1S/C18H29N3O2.C9H7N/c1-17(2,3)20-16(23)14-6-9-21(10-7-14)12-18(13-22)8-4-5-15(19)11-18;1-2-6-9-8(4-1)5-3-7-10-9/h4-5,8,13-14H,6-7,9-12,19H2,1-3H3,(H,20,23);1-7H. The quantitative estimate of drug-likeness (QED) is 0.694. The molecule has 0 saturated carbocycles. The third-order valence-electron chi connectivity index (χ3n) is 5.99. The number of nitrogens with one attached hydrogen (secondary N) is 1. The van der Waals surface area contributed by atoms with Crippen LogP contribution < -0.4 is 11.1 Å². The maximum atomic E-state index is 12.3. The highest BCUT2D eigenvalue weighted by Gasteiger charge is 2.34. The number of fused-ring (bicyclic) bond motifs is 1. The molecule has 33 heavy (non-hydrogen) atoms. The highest BCUT2D eigenvalue weighted by atomic mass is 16.2. The molecule has 2 aromatic rings. The van der Waals surface area contributed by atoms with E-state index in [1.54, 1.807) is 0 Å². The molecule has 4 rings (SSSR count). The molecule has 0 bridgehead atoms. The van der Waals surface area contributed by atoms with Crippen LogP contribution in [0.2, 0.25) is 0 Å². The fourth-order valence-electron chi connectivity index (χ4n) is 4.35. The van der Waals surface area contributed by atoms with Crippen LogP contribution in [0.1, 0.15) is 40.0 Å². The van der Waals surface area contributed by atoms with Gasteiger partial charge in [0, 0.05) is 41.7 Å². The molecule has 6 nitrogen and oxygen atoms in total. The summed E-state index contributed by atoms with van der Waals surface area (Å²) >= 11 is 0. The van der Waals surface area contributed by atoms with E-state index in [4.69, 9.17) is 5.73 Å². The van der Waals surface area contributed by atoms with Gasteiger partial charge in [-0.3, -0.25) is 9.78 Å². The third kappa shape index (κ3) is 7.26. The van der Waals surface area contributed by atoms with E-state index in [0.717, 1.165) is 43.4 Å². The number of aldehydes is 1. The van der Waals surface area contributed by atoms with Gasteiger partial charge in [-0.1, -0.05) is 36.4 Å². The second kappa shape index (κ2) is 10.8. The molecule has 1 saturated heterocycles. The van der Waals surface area contributed by atoms with Crippen LogP contribution in [0.15, 0.2) is 66.5 Å². The number of likely N-dealkylation sites (tertiary alicyclic amines) is 1. The van der Waals surface area contributed by atoms with Gasteiger partial charge in [-0.05, 0) is 64.9 Å². The topological polar surface area (TPSA) is 88.3 Å². The Kier molecular flexibility index (Phi) is 8.03. The minimum Gasteiger partial charge on any atom is -0.402 e. The molecule has 1 aliphatic heterocycles. The van der Waals surface area contributed by atoms with Crippen LogP contribution in [0.5, 0.6) is 0 Å². The molecule has 6 heteroatoms. The SMILES string of the molecule is CC(C)(C)NC(=O)C1CCN(CC2(C=O)C=CC=C(N)C2)CC1.c1ccc2ncccc2c1. The number of hydrogen-bond acceptors (Lipinski definition) is 5. The van der Waals surface area contributed by atoms with Crippen molar-refractivity contribution in [1.29, 1.82) is 0 Å². The van der Waals surface area contributed by atoms with E-state index in [0.29, 0.717) is 13.0 Å². The summed E-state index contributed by atoms with van der Waals surface area (Å²) in [7, 11) is 0. The number of nitrogens with two attached hydrogens (primary N) is 1. The van der Waals surface area contributed by atoms with E-state index in [2.05, 4.69) is 27.3 Å². The maximum absolute atomic E-state index is 12.3. The van der Waals surface area contributed by atoms with E-state index >= 15 is 0 Å². The Bertz CT molecular complexity index is 951. The van der Waals surface area contributed by atoms with Crippen LogP contribution in [-0.4, -0.2) is 47.3 Å². The lowest BCUT2D eigenvalue weighted by atomic mass is 9.80. The summed E-state index contributed by atoms with van der Waals surface area (Å²) in [5.74, 6) is 0.219. The number of para-hydroxylation sites is 1. The molecule has 176 valence electrons. The lowest BCUT2D eigenvalue weighted by molar-refractivity contribution is -0.128. The monoisotopic (exact) mass is 448 g/mol. The van der Waals surface area contributed by atoms with Gasteiger partial charge in [-0.25, -0.2) is 0 Å². The van der Waals surface area contributed by atoms with E-state index in [-0.39, 0.29) is 17.4 Å². The first kappa shape index (κ1) is 24.6. The number of carbonyl (C=O) groups is 2. The van der Waals surface area contributed by atoms with Crippen LogP contribution >= 0.6 is 0 Å². The highest BCUT2D eigenvalue weighted by Crippen LogP contribution is 2.30. The predicted molar refractivity (Wildman–Crippen MR) is 133 cm³/mol. The Hall–Kier alpha value is -2.99. The first-order valence-electron chi connectivity index (χ1n) is 11.6. The normalized spacial score (nSPS) is 21.6. The maximum Gasteiger partial charge on any atom is 0.223 e. The molecule has 1 amide bonds. The molecule has 2 heterocycles. The van der Waals surface area contributed by atoms with Gasteiger partial charge >= 0.3 is 0 Å². The molecular formula is C27H36N4O2. The minimum absolute atomic E-state index is 0.0736. The molecule has 1 aliphatic carbocycles. The number of nitrogens with zero attached hydrogens (tertiary/aromatic N) is 2. The number of aromatic nitrogens is 1. The lowest BCUT2D eigenvalue weighted by Crippen LogP contribution is -2.48. The van der Waals surface area contributed by atoms with Crippen LogP contribution in [0, 0.1) is 11.3 Å². The second-order valence-electron chi connectivity index (χ2n) is 10.1. The average Bonchev–Trinajstić information content (AvgIpc) is 2.79. The summed E-state index contributed by atoms with van der Waals surface area (Å²) in [5.41, 5.74) is 7.00. The van der Waals surface area contributed by atoms with Crippen molar-refractivity contribution >= 4 is 23.1 Å². The van der Waals surface area contributed by atoms with Gasteiger partial charge in [-0.15, -0.1) is 0 Å². The fraction of sp³-hybridized carbons (Fsp3) is 0.444. The second-order valence-corrected chi connectivity index (χ2v) is 10.1. The Morgan fingerprint density at radius 3 is 2.55 bits per heavy atom. The summed E-state index contributed by atoms with van der Waals surface area (Å²) in [5, 5.41) is 4.26. The molecule has 1 unspecified atom stereocenters. The predicted octanol–water partition coefficient (Wildman–Crippen LogP) is 3.84. The first-order valence-corrected chi connectivity index (χ1v) is 11.6. The van der Waals surface area contributed by atoms with E-state index in [9.17, 15) is 9.59 Å². The van der Waals surface area contributed by atoms with Crippen molar-refractivity contribution in [2.45, 2.75) is 45.6 Å². The van der Waals surface area contributed by atoms with Crippen LogP contribution in [0.4, 0.5) is 0 Å². The summed E-state index contributed by atoms with van der Waals surface area (Å²) in [6, 6.07) is 12.1. The zero-order chi connectivity index (χ0) is 23.9. The Balaban J connectivity index is 0.000000252. The third-order valence-corrected chi connectivity index (χ3v) is 5.99. The number of benzene rings is 1. The zero-order valence-corrected chi connectivity index (χ0v) is 20.0. The molecule has 0 spiro atoms.